The van der Waals surface area contributed by atoms with Gasteiger partial charge in [0.2, 0.25) is 0 Å². The lowest BCUT2D eigenvalue weighted by atomic mass is 10.1. The van der Waals surface area contributed by atoms with E-state index in [2.05, 4.69) is 44.6 Å². The average Bonchev–Trinajstić information content (AvgIpc) is 3.21. The average molecular weight is 438 g/mol. The summed E-state index contributed by atoms with van der Waals surface area (Å²) in [7, 11) is 4.34. The van der Waals surface area contributed by atoms with Gasteiger partial charge in [-0.05, 0) is 36.3 Å². The molecule has 162 valence electrons. The van der Waals surface area contributed by atoms with Crippen LogP contribution >= 0.6 is 9.24 Å². The normalized spacial score (nSPS) is 16.0. The van der Waals surface area contributed by atoms with Gasteiger partial charge in [-0.2, -0.15) is 0 Å². The second kappa shape index (κ2) is 9.58. The molecule has 1 aromatic heterocycles. The van der Waals surface area contributed by atoms with E-state index < -0.39 is 6.09 Å². The largest absolute Gasteiger partial charge is 0.447 e. The summed E-state index contributed by atoms with van der Waals surface area (Å²) >= 11 is 0. The van der Waals surface area contributed by atoms with Gasteiger partial charge in [0.25, 0.3) is 0 Å². The van der Waals surface area contributed by atoms with Gasteiger partial charge in [-0.15, -0.1) is 9.24 Å². The zero-order valence-corrected chi connectivity index (χ0v) is 19.0. The molecule has 7 nitrogen and oxygen atoms in total. The van der Waals surface area contributed by atoms with Crippen LogP contribution in [0.25, 0.3) is 22.3 Å². The molecule has 1 N–H and O–H groups in total. The lowest BCUT2D eigenvalue weighted by Gasteiger charge is -2.21. The van der Waals surface area contributed by atoms with Gasteiger partial charge >= 0.3 is 6.09 Å². The third-order valence-electron chi connectivity index (χ3n) is 5.36. The van der Waals surface area contributed by atoms with E-state index in [0.29, 0.717) is 19.0 Å². The molecule has 3 aromatic rings. The van der Waals surface area contributed by atoms with Crippen LogP contribution in [0.4, 0.5) is 10.6 Å². The van der Waals surface area contributed by atoms with Gasteiger partial charge in [0, 0.05) is 31.1 Å². The number of rotatable bonds is 6. The van der Waals surface area contributed by atoms with E-state index in [1.807, 2.05) is 24.3 Å². The van der Waals surface area contributed by atoms with E-state index in [1.165, 1.54) is 0 Å². The van der Waals surface area contributed by atoms with E-state index >= 15 is 0 Å². The standard InChI is InChI=1S/C23H27N4O3P/c1-15-7-8-17-19(13-15)25-21(18-5-3-4-6-20(18)31)26-22(17)27-10-9-16(14-27)24-23(28)30-12-11-29-2/h3-8,13,16H,9-12,14,31H2,1-2H3,(H,24,28)/t16-/m1/s1. The zero-order valence-electron chi connectivity index (χ0n) is 17.8. The van der Waals surface area contributed by atoms with Gasteiger partial charge in [-0.3, -0.25) is 0 Å². The van der Waals surface area contributed by atoms with Crippen molar-refractivity contribution >= 4 is 37.4 Å². The van der Waals surface area contributed by atoms with Gasteiger partial charge in [0.15, 0.2) is 5.82 Å². The molecule has 2 atom stereocenters. The quantitative estimate of drug-likeness (QED) is 0.471. The monoisotopic (exact) mass is 438 g/mol. The van der Waals surface area contributed by atoms with Crippen LogP contribution < -0.4 is 15.5 Å². The fourth-order valence-electron chi connectivity index (χ4n) is 3.78. The molecule has 31 heavy (non-hydrogen) atoms. The Bertz CT molecular complexity index is 1090. The molecule has 1 unspecified atom stereocenters. The fourth-order valence-corrected chi connectivity index (χ4v) is 4.12. The number of alkyl carbamates (subject to hydrolysis) is 1. The number of carbonyl (C=O) groups excluding carboxylic acids is 1. The van der Waals surface area contributed by atoms with Crippen LogP contribution in [0.15, 0.2) is 42.5 Å². The molecule has 0 aliphatic carbocycles. The molecule has 2 heterocycles. The SMILES string of the molecule is COCCOC(=O)N[C@@H]1CCN(c2nc(-c3ccccc3P)nc3cc(C)ccc23)C1. The topological polar surface area (TPSA) is 76.6 Å². The van der Waals surface area contributed by atoms with Crippen molar-refractivity contribution in [1.29, 1.82) is 0 Å². The first kappa shape index (κ1) is 21.5. The first-order valence-corrected chi connectivity index (χ1v) is 10.9. The number of aryl methyl sites for hydroxylation is 1. The van der Waals surface area contributed by atoms with Crippen molar-refractivity contribution < 1.29 is 14.3 Å². The maximum Gasteiger partial charge on any atom is 0.407 e. The first-order valence-electron chi connectivity index (χ1n) is 10.4. The molecule has 1 amide bonds. The van der Waals surface area contributed by atoms with E-state index in [-0.39, 0.29) is 12.6 Å². The molecule has 0 spiro atoms. The molecular formula is C23H27N4O3P. The summed E-state index contributed by atoms with van der Waals surface area (Å²) < 4.78 is 10.1. The third kappa shape index (κ3) is 4.94. The van der Waals surface area contributed by atoms with Gasteiger partial charge in [-0.1, -0.05) is 30.3 Å². The van der Waals surface area contributed by atoms with Crippen LogP contribution in [0.3, 0.4) is 0 Å². The number of nitrogens with zero attached hydrogens (tertiary/aromatic N) is 3. The molecule has 1 aliphatic rings. The Morgan fingerprint density at radius 2 is 2.06 bits per heavy atom. The maximum atomic E-state index is 12.0. The number of carbonyl (C=O) groups is 1. The summed E-state index contributed by atoms with van der Waals surface area (Å²) in [5, 5.41) is 5.01. The van der Waals surface area contributed by atoms with E-state index in [4.69, 9.17) is 19.4 Å². The maximum absolute atomic E-state index is 12.0. The number of fused-ring (bicyclic) bond motifs is 1. The smallest absolute Gasteiger partial charge is 0.407 e. The number of hydrogen-bond donors (Lipinski definition) is 1. The van der Waals surface area contributed by atoms with Crippen LogP contribution in [0.2, 0.25) is 0 Å². The predicted molar refractivity (Wildman–Crippen MR) is 126 cm³/mol. The number of methoxy groups -OCH3 is 1. The number of nitrogens with one attached hydrogen (secondary N) is 1. The Labute approximate surface area is 184 Å². The minimum absolute atomic E-state index is 0.00276. The molecule has 4 rings (SSSR count). The Balaban J connectivity index is 1.61. The summed E-state index contributed by atoms with van der Waals surface area (Å²) in [6, 6.07) is 14.3. The molecule has 0 bridgehead atoms. The summed E-state index contributed by atoms with van der Waals surface area (Å²) in [5.41, 5.74) is 3.07. The Hall–Kier alpha value is -2.76. The minimum atomic E-state index is -0.412. The lowest BCUT2D eigenvalue weighted by Crippen LogP contribution is -2.38. The number of benzene rings is 2. The van der Waals surface area contributed by atoms with Gasteiger partial charge in [0.05, 0.1) is 18.2 Å². The number of anilines is 1. The van der Waals surface area contributed by atoms with Crippen molar-refractivity contribution in [1.82, 2.24) is 15.3 Å². The summed E-state index contributed by atoms with van der Waals surface area (Å²) in [6.45, 7) is 4.16. The second-order valence-electron chi connectivity index (χ2n) is 7.68. The number of amides is 1. The molecule has 0 saturated carbocycles. The van der Waals surface area contributed by atoms with Crippen molar-refractivity contribution in [2.75, 3.05) is 38.3 Å². The van der Waals surface area contributed by atoms with E-state index in [1.54, 1.807) is 7.11 Å². The van der Waals surface area contributed by atoms with Crippen molar-refractivity contribution in [3.63, 3.8) is 0 Å². The number of aromatic nitrogens is 2. The van der Waals surface area contributed by atoms with Crippen molar-refractivity contribution in [2.24, 2.45) is 0 Å². The predicted octanol–water partition coefficient (Wildman–Crippen LogP) is 3.06. The summed E-state index contributed by atoms with van der Waals surface area (Å²) in [6.07, 6.45) is 0.413. The van der Waals surface area contributed by atoms with Crippen LogP contribution in [-0.2, 0) is 9.47 Å². The van der Waals surface area contributed by atoms with E-state index in [9.17, 15) is 4.79 Å². The lowest BCUT2D eigenvalue weighted by molar-refractivity contribution is 0.0969. The van der Waals surface area contributed by atoms with Crippen molar-refractivity contribution in [3.05, 3.63) is 48.0 Å². The molecule has 8 heteroatoms. The second-order valence-corrected chi connectivity index (χ2v) is 8.31. The zero-order chi connectivity index (χ0) is 21.8. The van der Waals surface area contributed by atoms with Crippen molar-refractivity contribution in [2.45, 2.75) is 19.4 Å². The van der Waals surface area contributed by atoms with E-state index in [0.717, 1.165) is 46.1 Å². The highest BCUT2D eigenvalue weighted by Crippen LogP contribution is 2.30. The molecule has 1 saturated heterocycles. The van der Waals surface area contributed by atoms with Gasteiger partial charge in [0.1, 0.15) is 12.4 Å². The Kier molecular flexibility index (Phi) is 6.64. The van der Waals surface area contributed by atoms with Crippen LogP contribution in [0.1, 0.15) is 12.0 Å². The highest BCUT2D eigenvalue weighted by atomic mass is 31.0. The van der Waals surface area contributed by atoms with Crippen LogP contribution in [0.5, 0.6) is 0 Å². The minimum Gasteiger partial charge on any atom is -0.447 e. The van der Waals surface area contributed by atoms with Crippen molar-refractivity contribution in [3.8, 4) is 11.4 Å². The first-order chi connectivity index (χ1) is 15.0. The third-order valence-corrected chi connectivity index (χ3v) is 5.87. The summed E-state index contributed by atoms with van der Waals surface area (Å²) in [4.78, 5) is 24.0. The molecule has 1 aliphatic heterocycles. The fraction of sp³-hybridized carbons (Fsp3) is 0.348. The molecule has 0 radical (unpaired) electrons. The van der Waals surface area contributed by atoms with Crippen LogP contribution in [0, 0.1) is 6.92 Å². The summed E-state index contributed by atoms with van der Waals surface area (Å²) in [5.74, 6) is 1.60. The molecular weight excluding hydrogens is 411 g/mol. The number of hydrogen-bond acceptors (Lipinski definition) is 6. The van der Waals surface area contributed by atoms with Crippen LogP contribution in [-0.4, -0.2) is 55.5 Å². The Morgan fingerprint density at radius 3 is 2.87 bits per heavy atom. The molecule has 2 aromatic carbocycles. The number of ether oxygens (including phenoxy) is 2. The highest BCUT2D eigenvalue weighted by Gasteiger charge is 2.27. The Morgan fingerprint density at radius 1 is 1.23 bits per heavy atom. The van der Waals surface area contributed by atoms with Gasteiger partial charge < -0.3 is 19.7 Å². The molecule has 1 fully saturated rings. The highest BCUT2D eigenvalue weighted by molar-refractivity contribution is 7.27. The van der Waals surface area contributed by atoms with Gasteiger partial charge in [-0.25, -0.2) is 14.8 Å².